The molecule has 92 valence electrons. The Morgan fingerprint density at radius 1 is 1.47 bits per heavy atom. The molecule has 1 aromatic rings. The van der Waals surface area contributed by atoms with E-state index in [2.05, 4.69) is 18.3 Å². The second-order valence-corrected chi connectivity index (χ2v) is 5.84. The van der Waals surface area contributed by atoms with Gasteiger partial charge in [-0.05, 0) is 38.0 Å². The van der Waals surface area contributed by atoms with Crippen LogP contribution in [0.4, 0.5) is 10.5 Å². The zero-order valence-corrected chi connectivity index (χ0v) is 11.3. The van der Waals surface area contributed by atoms with E-state index in [4.69, 9.17) is 0 Å². The molecule has 1 saturated heterocycles. The first-order valence-electron chi connectivity index (χ1n) is 5.84. The number of hydrogen-bond donors (Lipinski definition) is 1. The summed E-state index contributed by atoms with van der Waals surface area (Å²) in [6, 6.07) is 6.12. The number of nitrogens with one attached hydrogen (secondary N) is 1. The predicted octanol–water partition coefficient (Wildman–Crippen LogP) is 3.23. The lowest BCUT2D eigenvalue weighted by molar-refractivity contribution is 0.216. The van der Waals surface area contributed by atoms with E-state index in [1.54, 1.807) is 0 Å². The summed E-state index contributed by atoms with van der Waals surface area (Å²) in [6.45, 7) is 6.95. The normalized spacial score (nSPS) is 19.5. The molecule has 1 heterocycles. The average molecular weight is 250 g/mol. The zero-order valence-electron chi connectivity index (χ0n) is 10.5. The molecule has 0 radical (unpaired) electrons. The van der Waals surface area contributed by atoms with Crippen molar-refractivity contribution in [1.82, 2.24) is 4.90 Å². The zero-order chi connectivity index (χ0) is 12.4. The van der Waals surface area contributed by atoms with E-state index in [1.807, 2.05) is 42.6 Å². The number of urea groups is 1. The highest BCUT2D eigenvalue weighted by atomic mass is 32.2. The molecule has 0 saturated carbocycles. The molecule has 1 atom stereocenters. The smallest absolute Gasteiger partial charge is 0.312 e. The minimum atomic E-state index is 0.0104. The van der Waals surface area contributed by atoms with Crippen molar-refractivity contribution in [2.75, 3.05) is 17.6 Å². The Kier molecular flexibility index (Phi) is 3.62. The van der Waals surface area contributed by atoms with Crippen LogP contribution in [-0.4, -0.2) is 28.6 Å². The lowest BCUT2D eigenvalue weighted by atomic mass is 10.1. The summed E-state index contributed by atoms with van der Waals surface area (Å²) in [6.07, 6.45) is 0. The SMILES string of the molecule is Cc1ccc(C)c(NC(=O)N2CCSC2C)c1. The van der Waals surface area contributed by atoms with Gasteiger partial charge in [0.25, 0.3) is 0 Å². The van der Waals surface area contributed by atoms with Gasteiger partial charge in [0.05, 0.1) is 5.37 Å². The third-order valence-corrected chi connectivity index (χ3v) is 4.18. The van der Waals surface area contributed by atoms with E-state index in [0.717, 1.165) is 29.1 Å². The van der Waals surface area contributed by atoms with E-state index in [0.29, 0.717) is 0 Å². The van der Waals surface area contributed by atoms with Crippen LogP contribution in [0.5, 0.6) is 0 Å². The van der Waals surface area contributed by atoms with Crippen molar-refractivity contribution in [3.05, 3.63) is 29.3 Å². The number of benzene rings is 1. The molecule has 0 aliphatic carbocycles. The first-order chi connectivity index (χ1) is 8.08. The molecular formula is C13H18N2OS. The van der Waals surface area contributed by atoms with Crippen LogP contribution in [0.25, 0.3) is 0 Å². The topological polar surface area (TPSA) is 32.3 Å². The number of nitrogens with zero attached hydrogens (tertiary/aromatic N) is 1. The van der Waals surface area contributed by atoms with E-state index in [-0.39, 0.29) is 11.4 Å². The number of rotatable bonds is 1. The number of amides is 2. The molecule has 3 nitrogen and oxygen atoms in total. The Balaban J connectivity index is 2.10. The number of aryl methyl sites for hydroxylation is 2. The maximum atomic E-state index is 12.1. The average Bonchev–Trinajstić information content (AvgIpc) is 2.70. The van der Waals surface area contributed by atoms with E-state index in [9.17, 15) is 4.79 Å². The van der Waals surface area contributed by atoms with Crippen LogP contribution in [0.15, 0.2) is 18.2 Å². The highest BCUT2D eigenvalue weighted by Crippen LogP contribution is 2.24. The fourth-order valence-electron chi connectivity index (χ4n) is 1.92. The fraction of sp³-hybridized carbons (Fsp3) is 0.462. The number of hydrogen-bond acceptors (Lipinski definition) is 2. The van der Waals surface area contributed by atoms with Crippen molar-refractivity contribution in [1.29, 1.82) is 0 Å². The molecule has 0 aromatic heterocycles. The van der Waals surface area contributed by atoms with Crippen molar-refractivity contribution in [3.8, 4) is 0 Å². The van der Waals surface area contributed by atoms with Crippen molar-refractivity contribution < 1.29 is 4.79 Å². The van der Waals surface area contributed by atoms with Crippen molar-refractivity contribution in [2.45, 2.75) is 26.1 Å². The van der Waals surface area contributed by atoms with Crippen LogP contribution in [-0.2, 0) is 0 Å². The summed E-state index contributed by atoms with van der Waals surface area (Å²) in [5, 5.41) is 3.27. The Morgan fingerprint density at radius 2 is 2.24 bits per heavy atom. The van der Waals surface area contributed by atoms with Gasteiger partial charge in [0.2, 0.25) is 0 Å². The summed E-state index contributed by atoms with van der Waals surface area (Å²) in [4.78, 5) is 14.0. The van der Waals surface area contributed by atoms with Gasteiger partial charge in [-0.25, -0.2) is 4.79 Å². The first kappa shape index (κ1) is 12.3. The molecule has 0 bridgehead atoms. The molecule has 1 aliphatic rings. The van der Waals surface area contributed by atoms with Crippen LogP contribution in [0.2, 0.25) is 0 Å². The number of carbonyl (C=O) groups is 1. The van der Waals surface area contributed by atoms with E-state index >= 15 is 0 Å². The van der Waals surface area contributed by atoms with Gasteiger partial charge in [-0.3, -0.25) is 0 Å². The molecule has 0 spiro atoms. The standard InChI is InChI=1S/C13H18N2OS/c1-9-4-5-10(2)12(8-9)14-13(16)15-6-7-17-11(15)3/h4-5,8,11H,6-7H2,1-3H3,(H,14,16). The Bertz CT molecular complexity index is 433. The maximum absolute atomic E-state index is 12.1. The Hall–Kier alpha value is -1.16. The highest BCUT2D eigenvalue weighted by Gasteiger charge is 2.25. The molecule has 17 heavy (non-hydrogen) atoms. The summed E-state index contributed by atoms with van der Waals surface area (Å²) in [5.74, 6) is 1.03. The van der Waals surface area contributed by atoms with Crippen molar-refractivity contribution in [3.63, 3.8) is 0 Å². The molecule has 4 heteroatoms. The maximum Gasteiger partial charge on any atom is 0.322 e. The molecule has 1 fully saturated rings. The summed E-state index contributed by atoms with van der Waals surface area (Å²) < 4.78 is 0. The van der Waals surface area contributed by atoms with Gasteiger partial charge in [0.1, 0.15) is 0 Å². The van der Waals surface area contributed by atoms with Gasteiger partial charge < -0.3 is 10.2 Å². The molecule has 1 unspecified atom stereocenters. The van der Waals surface area contributed by atoms with Gasteiger partial charge in [0.15, 0.2) is 0 Å². The quantitative estimate of drug-likeness (QED) is 0.830. The molecule has 2 amide bonds. The third kappa shape index (κ3) is 2.75. The largest absolute Gasteiger partial charge is 0.322 e. The minimum Gasteiger partial charge on any atom is -0.312 e. The summed E-state index contributed by atoms with van der Waals surface area (Å²) in [7, 11) is 0. The van der Waals surface area contributed by atoms with Crippen LogP contribution in [0.3, 0.4) is 0 Å². The fourth-order valence-corrected chi connectivity index (χ4v) is 2.94. The minimum absolute atomic E-state index is 0.0104. The van der Waals surface area contributed by atoms with Crippen molar-refractivity contribution in [2.24, 2.45) is 0 Å². The molecule has 1 N–H and O–H groups in total. The monoisotopic (exact) mass is 250 g/mol. The van der Waals surface area contributed by atoms with Gasteiger partial charge in [-0.2, -0.15) is 0 Å². The second-order valence-electron chi connectivity index (χ2n) is 4.41. The highest BCUT2D eigenvalue weighted by molar-refractivity contribution is 8.00. The van der Waals surface area contributed by atoms with Gasteiger partial charge in [-0.1, -0.05) is 12.1 Å². The van der Waals surface area contributed by atoms with Crippen LogP contribution < -0.4 is 5.32 Å². The van der Waals surface area contributed by atoms with Crippen LogP contribution >= 0.6 is 11.8 Å². The first-order valence-corrected chi connectivity index (χ1v) is 6.89. The van der Waals surface area contributed by atoms with E-state index in [1.165, 1.54) is 0 Å². The molecule has 1 aliphatic heterocycles. The molecule has 2 rings (SSSR count). The van der Waals surface area contributed by atoms with E-state index < -0.39 is 0 Å². The lowest BCUT2D eigenvalue weighted by Gasteiger charge is -2.21. The second kappa shape index (κ2) is 5.00. The van der Waals surface area contributed by atoms with Gasteiger partial charge >= 0.3 is 6.03 Å². The van der Waals surface area contributed by atoms with Gasteiger partial charge in [-0.15, -0.1) is 11.8 Å². The summed E-state index contributed by atoms with van der Waals surface area (Å²) in [5.41, 5.74) is 3.18. The van der Waals surface area contributed by atoms with Crippen LogP contribution in [0, 0.1) is 13.8 Å². The van der Waals surface area contributed by atoms with Crippen molar-refractivity contribution >= 4 is 23.5 Å². The number of carbonyl (C=O) groups excluding carboxylic acids is 1. The van der Waals surface area contributed by atoms with Crippen LogP contribution in [0.1, 0.15) is 18.1 Å². The Labute approximate surface area is 107 Å². The molecular weight excluding hydrogens is 232 g/mol. The van der Waals surface area contributed by atoms with Gasteiger partial charge in [0, 0.05) is 18.0 Å². The Morgan fingerprint density at radius 3 is 2.88 bits per heavy atom. The lowest BCUT2D eigenvalue weighted by Crippen LogP contribution is -2.36. The predicted molar refractivity (Wildman–Crippen MR) is 73.6 cm³/mol. The number of anilines is 1. The molecule has 1 aromatic carbocycles. The third-order valence-electron chi connectivity index (χ3n) is 3.03. The summed E-state index contributed by atoms with van der Waals surface area (Å²) >= 11 is 1.82. The number of thioether (sulfide) groups is 1.